The van der Waals surface area contributed by atoms with Crippen molar-refractivity contribution in [2.24, 2.45) is 0 Å². The molecule has 0 saturated carbocycles. The molecule has 1 aliphatic heterocycles. The van der Waals surface area contributed by atoms with Gasteiger partial charge in [0.25, 0.3) is 5.91 Å². The Morgan fingerprint density at radius 1 is 1.42 bits per heavy atom. The van der Waals surface area contributed by atoms with Gasteiger partial charge in [-0.2, -0.15) is 11.8 Å². The molecule has 1 heterocycles. The number of imide groups is 1. The van der Waals surface area contributed by atoms with Crippen LogP contribution in [-0.4, -0.2) is 77.5 Å². The largest absolute Gasteiger partial charge is 0.396 e. The molecule has 0 aromatic heterocycles. The van der Waals surface area contributed by atoms with Gasteiger partial charge < -0.3 is 15.3 Å². The monoisotopic (exact) mass is 289 g/mol. The topological polar surface area (TPSA) is 90.0 Å². The first-order valence-corrected chi connectivity index (χ1v) is 7.22. The number of aliphatic hydroxyl groups is 1. The van der Waals surface area contributed by atoms with Crippen molar-refractivity contribution in [3.8, 4) is 0 Å². The highest BCUT2D eigenvalue weighted by Crippen LogP contribution is 2.06. The minimum absolute atomic E-state index is 0.0309. The van der Waals surface area contributed by atoms with E-state index in [2.05, 4.69) is 5.32 Å². The first-order chi connectivity index (χ1) is 9.06. The molecule has 1 rings (SSSR count). The van der Waals surface area contributed by atoms with Crippen LogP contribution in [0.2, 0.25) is 0 Å². The lowest BCUT2D eigenvalue weighted by molar-refractivity contribution is -0.130. The molecular formula is C11H19N3O4S. The standard InChI is InChI=1S/C11H19N3O4S/c1-13-8-10(17)14(11(13)18)7-9(16)12-3-6-19-5-2-4-15/h15H,2-8H2,1H3,(H,12,16). The van der Waals surface area contributed by atoms with Crippen molar-refractivity contribution in [3.05, 3.63) is 0 Å². The Morgan fingerprint density at radius 3 is 2.74 bits per heavy atom. The van der Waals surface area contributed by atoms with Crippen LogP contribution in [0.3, 0.4) is 0 Å². The van der Waals surface area contributed by atoms with E-state index in [9.17, 15) is 14.4 Å². The third-order valence-corrected chi connectivity index (χ3v) is 3.62. The minimum atomic E-state index is -0.433. The van der Waals surface area contributed by atoms with Gasteiger partial charge in [-0.05, 0) is 12.2 Å². The highest BCUT2D eigenvalue weighted by atomic mass is 32.2. The van der Waals surface area contributed by atoms with Gasteiger partial charge in [0.2, 0.25) is 5.91 Å². The average molecular weight is 289 g/mol. The molecular weight excluding hydrogens is 270 g/mol. The molecule has 1 aliphatic rings. The molecule has 8 heteroatoms. The van der Waals surface area contributed by atoms with Gasteiger partial charge in [0.15, 0.2) is 0 Å². The van der Waals surface area contributed by atoms with Crippen molar-refractivity contribution in [1.82, 2.24) is 15.1 Å². The third kappa shape index (κ3) is 5.07. The summed E-state index contributed by atoms with van der Waals surface area (Å²) in [6.45, 7) is 0.472. The Morgan fingerprint density at radius 2 is 2.16 bits per heavy atom. The zero-order valence-corrected chi connectivity index (χ0v) is 11.7. The van der Waals surface area contributed by atoms with Crippen LogP contribution in [0, 0.1) is 0 Å². The normalized spacial score (nSPS) is 15.3. The molecule has 0 radical (unpaired) electrons. The Hall–Kier alpha value is -1.28. The molecule has 19 heavy (non-hydrogen) atoms. The molecule has 108 valence electrons. The number of rotatable bonds is 8. The summed E-state index contributed by atoms with van der Waals surface area (Å²) in [5.74, 6) is 0.910. The number of thioether (sulfide) groups is 1. The van der Waals surface area contributed by atoms with E-state index in [0.717, 1.165) is 22.8 Å². The first kappa shape index (κ1) is 15.8. The van der Waals surface area contributed by atoms with Crippen LogP contribution in [0.1, 0.15) is 6.42 Å². The van der Waals surface area contributed by atoms with E-state index < -0.39 is 6.03 Å². The van der Waals surface area contributed by atoms with E-state index in [1.54, 1.807) is 11.8 Å². The van der Waals surface area contributed by atoms with Crippen molar-refractivity contribution >= 4 is 29.6 Å². The van der Waals surface area contributed by atoms with E-state index in [-0.39, 0.29) is 31.5 Å². The fourth-order valence-corrected chi connectivity index (χ4v) is 2.34. The number of nitrogens with zero attached hydrogens (tertiary/aromatic N) is 2. The molecule has 7 nitrogen and oxygen atoms in total. The summed E-state index contributed by atoms with van der Waals surface area (Å²) in [6, 6.07) is -0.433. The molecule has 0 aromatic carbocycles. The van der Waals surface area contributed by atoms with Gasteiger partial charge in [0, 0.05) is 26.0 Å². The van der Waals surface area contributed by atoms with Crippen molar-refractivity contribution in [1.29, 1.82) is 0 Å². The van der Waals surface area contributed by atoms with Crippen LogP contribution in [0.15, 0.2) is 0 Å². The number of aliphatic hydroxyl groups excluding tert-OH is 1. The van der Waals surface area contributed by atoms with Gasteiger partial charge in [0.1, 0.15) is 13.1 Å². The summed E-state index contributed by atoms with van der Waals surface area (Å²) < 4.78 is 0. The van der Waals surface area contributed by atoms with E-state index >= 15 is 0 Å². The quantitative estimate of drug-likeness (QED) is 0.447. The zero-order valence-electron chi connectivity index (χ0n) is 10.9. The van der Waals surface area contributed by atoms with Crippen LogP contribution < -0.4 is 5.32 Å². The number of likely N-dealkylation sites (N-methyl/N-ethyl adjacent to an activating group) is 1. The number of amides is 4. The zero-order chi connectivity index (χ0) is 14.3. The molecule has 0 bridgehead atoms. The summed E-state index contributed by atoms with van der Waals surface area (Å²) >= 11 is 1.63. The van der Waals surface area contributed by atoms with E-state index in [1.165, 1.54) is 11.9 Å². The van der Waals surface area contributed by atoms with E-state index in [1.807, 2.05) is 0 Å². The lowest BCUT2D eigenvalue weighted by Crippen LogP contribution is -2.41. The van der Waals surface area contributed by atoms with Crippen molar-refractivity contribution < 1.29 is 19.5 Å². The predicted octanol–water partition coefficient (Wildman–Crippen LogP) is -0.888. The van der Waals surface area contributed by atoms with Gasteiger partial charge in [0.05, 0.1) is 0 Å². The molecule has 1 fully saturated rings. The number of urea groups is 1. The summed E-state index contributed by atoms with van der Waals surface area (Å²) in [5, 5.41) is 11.2. The molecule has 2 N–H and O–H groups in total. The molecule has 1 saturated heterocycles. The first-order valence-electron chi connectivity index (χ1n) is 6.07. The Kier molecular flexibility index (Phi) is 6.65. The van der Waals surface area contributed by atoms with Crippen LogP contribution in [0.5, 0.6) is 0 Å². The summed E-state index contributed by atoms with van der Waals surface area (Å²) in [7, 11) is 1.52. The van der Waals surface area contributed by atoms with Crippen LogP contribution >= 0.6 is 11.8 Å². The lowest BCUT2D eigenvalue weighted by Gasteiger charge is -2.13. The molecule has 0 spiro atoms. The number of hydrogen-bond acceptors (Lipinski definition) is 5. The maximum atomic E-state index is 11.6. The molecule has 0 atom stereocenters. The molecule has 0 aliphatic carbocycles. The predicted molar refractivity (Wildman–Crippen MR) is 71.8 cm³/mol. The van der Waals surface area contributed by atoms with Gasteiger partial charge in [-0.15, -0.1) is 0 Å². The second-order valence-electron chi connectivity index (χ2n) is 4.16. The summed E-state index contributed by atoms with van der Waals surface area (Å²) in [4.78, 5) is 36.7. The third-order valence-electron chi connectivity index (χ3n) is 2.55. The Balaban J connectivity index is 2.17. The number of nitrogens with one attached hydrogen (secondary N) is 1. The smallest absolute Gasteiger partial charge is 0.327 e. The van der Waals surface area contributed by atoms with Crippen LogP contribution in [-0.2, 0) is 9.59 Å². The Bertz CT molecular complexity index is 351. The molecule has 4 amide bonds. The van der Waals surface area contributed by atoms with Crippen LogP contribution in [0.25, 0.3) is 0 Å². The maximum Gasteiger partial charge on any atom is 0.327 e. The van der Waals surface area contributed by atoms with Crippen molar-refractivity contribution in [2.75, 3.05) is 44.8 Å². The summed E-state index contributed by atoms with van der Waals surface area (Å²) in [6.07, 6.45) is 0.738. The van der Waals surface area contributed by atoms with Gasteiger partial charge in [-0.3, -0.25) is 14.5 Å². The second kappa shape index (κ2) is 8.00. The minimum Gasteiger partial charge on any atom is -0.396 e. The second-order valence-corrected chi connectivity index (χ2v) is 5.38. The lowest BCUT2D eigenvalue weighted by atomic mass is 10.5. The van der Waals surface area contributed by atoms with Gasteiger partial charge >= 0.3 is 6.03 Å². The van der Waals surface area contributed by atoms with Gasteiger partial charge in [-0.25, -0.2) is 4.79 Å². The number of carbonyl (C=O) groups excluding carboxylic acids is 3. The Labute approximate surface area is 116 Å². The average Bonchev–Trinajstić information content (AvgIpc) is 2.60. The fourth-order valence-electron chi connectivity index (χ4n) is 1.56. The fraction of sp³-hybridized carbons (Fsp3) is 0.727. The molecule has 0 aromatic rings. The summed E-state index contributed by atoms with van der Waals surface area (Å²) in [5.41, 5.74) is 0. The van der Waals surface area contributed by atoms with Crippen LogP contribution in [0.4, 0.5) is 4.79 Å². The highest BCUT2D eigenvalue weighted by Gasteiger charge is 2.34. The maximum absolute atomic E-state index is 11.6. The number of carbonyl (C=O) groups is 3. The van der Waals surface area contributed by atoms with E-state index in [0.29, 0.717) is 6.54 Å². The van der Waals surface area contributed by atoms with Crippen molar-refractivity contribution in [2.45, 2.75) is 6.42 Å². The van der Waals surface area contributed by atoms with E-state index in [4.69, 9.17) is 5.11 Å². The SMILES string of the molecule is CN1CC(=O)N(CC(=O)NCCSCCCO)C1=O. The highest BCUT2D eigenvalue weighted by molar-refractivity contribution is 7.99. The van der Waals surface area contributed by atoms with Crippen molar-refractivity contribution in [3.63, 3.8) is 0 Å². The number of hydrogen-bond donors (Lipinski definition) is 2. The van der Waals surface area contributed by atoms with Gasteiger partial charge in [-0.1, -0.05) is 0 Å². The molecule has 0 unspecified atom stereocenters.